The Balaban J connectivity index is 1.56. The zero-order chi connectivity index (χ0) is 28.5. The van der Waals surface area contributed by atoms with Gasteiger partial charge in [0.25, 0.3) is 11.8 Å². The monoisotopic (exact) mass is 563 g/mol. The van der Waals surface area contributed by atoms with Gasteiger partial charge in [0, 0.05) is 23.0 Å². The topological polar surface area (TPSA) is 110 Å². The van der Waals surface area contributed by atoms with Crippen LogP contribution in [0, 0.1) is 5.92 Å². The minimum atomic E-state index is -1.20. The number of carbonyl (C=O) groups excluding carboxylic acids is 3. The number of rotatable bonds is 12. The zero-order valence-corrected chi connectivity index (χ0v) is 22.9. The maximum Gasteiger partial charge on any atom is 0.332 e. The van der Waals surface area contributed by atoms with E-state index in [1.54, 1.807) is 24.3 Å². The van der Waals surface area contributed by atoms with Gasteiger partial charge in [-0.3, -0.25) is 14.4 Å². The number of ether oxygens (including phenoxy) is 2. The highest BCUT2D eigenvalue weighted by Gasteiger charge is 2.34. The van der Waals surface area contributed by atoms with Gasteiger partial charge in [-0.25, -0.2) is 9.86 Å². The van der Waals surface area contributed by atoms with Gasteiger partial charge in [0.05, 0.1) is 13.0 Å². The third-order valence-electron chi connectivity index (χ3n) is 6.29. The lowest BCUT2D eigenvalue weighted by Gasteiger charge is -2.29. The highest BCUT2D eigenvalue weighted by Crippen LogP contribution is 2.22. The van der Waals surface area contributed by atoms with Crippen molar-refractivity contribution in [3.63, 3.8) is 0 Å². The first-order valence-corrected chi connectivity index (χ1v) is 13.0. The van der Waals surface area contributed by atoms with Gasteiger partial charge >= 0.3 is 5.97 Å². The number of nitrogens with zero attached hydrogens (tertiary/aromatic N) is 1. The Morgan fingerprint density at radius 3 is 2.30 bits per heavy atom. The Hall–Kier alpha value is -4.18. The summed E-state index contributed by atoms with van der Waals surface area (Å²) in [5.74, 6) is -2.55. The van der Waals surface area contributed by atoms with Crippen molar-refractivity contribution in [1.82, 2.24) is 15.4 Å². The lowest BCUT2D eigenvalue weighted by Crippen LogP contribution is -2.50. The predicted octanol–water partition coefficient (Wildman–Crippen LogP) is 4.52. The van der Waals surface area contributed by atoms with Crippen molar-refractivity contribution in [1.29, 1.82) is 0 Å². The van der Waals surface area contributed by atoms with E-state index in [0.29, 0.717) is 10.5 Å². The van der Waals surface area contributed by atoms with Gasteiger partial charge in [0.15, 0.2) is 0 Å². The minimum absolute atomic E-state index is 0.0659. The van der Waals surface area contributed by atoms with Gasteiger partial charge in [0.1, 0.15) is 25.1 Å². The van der Waals surface area contributed by atoms with Crippen molar-refractivity contribution in [2.24, 2.45) is 5.92 Å². The summed E-state index contributed by atoms with van der Waals surface area (Å²) in [7, 11) is 2.83. The second-order valence-corrected chi connectivity index (χ2v) is 9.52. The minimum Gasteiger partial charge on any atom is -0.459 e. The van der Waals surface area contributed by atoms with Crippen LogP contribution >= 0.6 is 11.6 Å². The summed E-state index contributed by atoms with van der Waals surface area (Å²) in [5.41, 5.74) is 2.61. The van der Waals surface area contributed by atoms with E-state index in [2.05, 4.69) is 10.3 Å². The summed E-state index contributed by atoms with van der Waals surface area (Å²) in [6.45, 7) is -0.425. The van der Waals surface area contributed by atoms with Gasteiger partial charge in [-0.2, -0.15) is 0 Å². The second-order valence-electron chi connectivity index (χ2n) is 9.08. The van der Waals surface area contributed by atoms with Crippen LogP contribution < -0.4 is 5.32 Å². The van der Waals surface area contributed by atoms with Crippen molar-refractivity contribution in [2.75, 3.05) is 20.8 Å². The molecular formula is C30H30ClN3O6. The SMILES string of the molecule is CON(C)C(=O)[C@@H](Cc1ccccc1)[C@H](NC(=O)c1cc2cc(Cl)ccc2[nH]1)OCC(=O)OCc1ccccc1. The van der Waals surface area contributed by atoms with Crippen LogP contribution in [0.4, 0.5) is 0 Å². The molecular weight excluding hydrogens is 534 g/mol. The Labute approximate surface area is 236 Å². The molecule has 0 unspecified atom stereocenters. The third kappa shape index (κ3) is 7.69. The van der Waals surface area contributed by atoms with Crippen LogP contribution in [0.3, 0.4) is 0 Å². The quantitative estimate of drug-likeness (QED) is 0.149. The van der Waals surface area contributed by atoms with Crippen LogP contribution in [0.1, 0.15) is 21.6 Å². The number of hydrogen-bond acceptors (Lipinski definition) is 6. The highest BCUT2D eigenvalue weighted by molar-refractivity contribution is 6.31. The van der Waals surface area contributed by atoms with Gasteiger partial charge in [-0.05, 0) is 41.8 Å². The van der Waals surface area contributed by atoms with E-state index in [9.17, 15) is 14.4 Å². The molecule has 0 saturated heterocycles. The van der Waals surface area contributed by atoms with Crippen molar-refractivity contribution >= 4 is 40.3 Å². The first-order valence-electron chi connectivity index (χ1n) is 12.6. The van der Waals surface area contributed by atoms with E-state index in [4.69, 9.17) is 25.9 Å². The molecule has 0 radical (unpaired) electrons. The summed E-state index contributed by atoms with van der Waals surface area (Å²) < 4.78 is 11.2. The Morgan fingerprint density at radius 1 is 0.950 bits per heavy atom. The molecule has 2 atom stereocenters. The summed E-state index contributed by atoms with van der Waals surface area (Å²) in [5, 5.41) is 5.12. The number of amides is 2. The molecule has 0 aliphatic heterocycles. The molecule has 4 aromatic rings. The Morgan fingerprint density at radius 2 is 1.62 bits per heavy atom. The average molecular weight is 564 g/mol. The number of aromatic nitrogens is 1. The molecule has 0 aliphatic carbocycles. The van der Waals surface area contributed by atoms with Crippen LogP contribution in [0.5, 0.6) is 0 Å². The fraction of sp³-hybridized carbons (Fsp3) is 0.233. The molecule has 3 aromatic carbocycles. The summed E-state index contributed by atoms with van der Waals surface area (Å²) in [6.07, 6.45) is -0.989. The molecule has 0 bridgehead atoms. The molecule has 1 heterocycles. The number of esters is 1. The fourth-order valence-corrected chi connectivity index (χ4v) is 4.32. The van der Waals surface area contributed by atoms with Gasteiger partial charge < -0.3 is 19.8 Å². The Bertz CT molecular complexity index is 1440. The number of hydrogen-bond donors (Lipinski definition) is 2. The molecule has 0 aliphatic rings. The molecule has 0 saturated carbocycles. The summed E-state index contributed by atoms with van der Waals surface area (Å²) in [6, 6.07) is 25.4. The van der Waals surface area contributed by atoms with E-state index >= 15 is 0 Å². The van der Waals surface area contributed by atoms with Crippen molar-refractivity contribution in [3.05, 3.63) is 107 Å². The van der Waals surface area contributed by atoms with E-state index in [-0.39, 0.29) is 18.7 Å². The molecule has 0 fully saturated rings. The number of H-pyrrole nitrogens is 1. The van der Waals surface area contributed by atoms with E-state index in [1.165, 1.54) is 14.2 Å². The normalized spacial score (nSPS) is 12.5. The number of halogens is 1. The third-order valence-corrected chi connectivity index (χ3v) is 6.52. The molecule has 40 heavy (non-hydrogen) atoms. The fourth-order valence-electron chi connectivity index (χ4n) is 4.14. The first-order chi connectivity index (χ1) is 19.3. The highest BCUT2D eigenvalue weighted by atomic mass is 35.5. The van der Waals surface area contributed by atoms with Gasteiger partial charge in [-0.15, -0.1) is 0 Å². The smallest absolute Gasteiger partial charge is 0.332 e. The number of fused-ring (bicyclic) bond motifs is 1. The van der Waals surface area contributed by atoms with E-state index in [1.807, 2.05) is 60.7 Å². The summed E-state index contributed by atoms with van der Waals surface area (Å²) in [4.78, 5) is 47.5. The predicted molar refractivity (Wildman–Crippen MR) is 150 cm³/mol. The van der Waals surface area contributed by atoms with Gasteiger partial charge in [-0.1, -0.05) is 72.3 Å². The maximum absolute atomic E-state index is 13.4. The molecule has 1 aromatic heterocycles. The number of nitrogens with one attached hydrogen (secondary N) is 2. The average Bonchev–Trinajstić information content (AvgIpc) is 3.41. The Kier molecular flexibility index (Phi) is 9.91. The van der Waals surface area contributed by atoms with E-state index < -0.39 is 36.5 Å². The van der Waals surface area contributed by atoms with Crippen molar-refractivity contribution in [3.8, 4) is 0 Å². The molecule has 9 nitrogen and oxygen atoms in total. The standard InChI is InChI=1S/C30H30ClN3O6/c1-34(38-2)30(37)24(15-20-9-5-3-6-10-20)29(40-19-27(35)39-18-21-11-7-4-8-12-21)33-28(36)26-17-22-16-23(31)13-14-25(22)32-26/h3-14,16-17,24,29,32H,15,18-19H2,1-2H3,(H,33,36)/t24-,29+/m0/s1. The molecule has 2 amide bonds. The molecule has 2 N–H and O–H groups in total. The molecule has 0 spiro atoms. The lowest BCUT2D eigenvalue weighted by atomic mass is 9.96. The van der Waals surface area contributed by atoms with Crippen LogP contribution in [-0.4, -0.2) is 54.8 Å². The molecule has 4 rings (SSSR count). The molecule has 10 heteroatoms. The number of hydroxylamine groups is 2. The maximum atomic E-state index is 13.4. The van der Waals surface area contributed by atoms with Crippen LogP contribution in [0.25, 0.3) is 10.9 Å². The van der Waals surface area contributed by atoms with E-state index in [0.717, 1.165) is 21.6 Å². The largest absolute Gasteiger partial charge is 0.459 e. The second kappa shape index (κ2) is 13.7. The van der Waals surface area contributed by atoms with Crippen LogP contribution in [0.2, 0.25) is 5.02 Å². The first kappa shape index (κ1) is 28.8. The zero-order valence-electron chi connectivity index (χ0n) is 22.1. The van der Waals surface area contributed by atoms with Crippen LogP contribution in [-0.2, 0) is 36.9 Å². The number of benzene rings is 3. The molecule has 208 valence electrons. The summed E-state index contributed by atoms with van der Waals surface area (Å²) >= 11 is 6.09. The van der Waals surface area contributed by atoms with Crippen LogP contribution in [0.15, 0.2) is 84.9 Å². The van der Waals surface area contributed by atoms with Crippen molar-refractivity contribution < 1.29 is 28.7 Å². The van der Waals surface area contributed by atoms with Crippen molar-refractivity contribution in [2.45, 2.75) is 19.3 Å². The lowest BCUT2D eigenvalue weighted by molar-refractivity contribution is -0.180. The van der Waals surface area contributed by atoms with Gasteiger partial charge in [0.2, 0.25) is 0 Å². The number of aromatic amines is 1. The number of carbonyl (C=O) groups is 3.